The topological polar surface area (TPSA) is 62.5 Å². The molecule has 252 valence electrons. The molecule has 7 aromatic carbocycles. The smallest absolute Gasteiger partial charge is 0.160 e. The first-order valence-electron chi connectivity index (χ1n) is 18.3. The molecule has 0 radical (unpaired) electrons. The number of hydrogen-bond donors (Lipinski definition) is 0. The van der Waals surface area contributed by atoms with Crippen molar-refractivity contribution in [2.45, 2.75) is 12.8 Å². The highest BCUT2D eigenvalue weighted by Gasteiger charge is 2.19. The van der Waals surface area contributed by atoms with Gasteiger partial charge in [-0.15, -0.1) is 0 Å². The summed E-state index contributed by atoms with van der Waals surface area (Å²) in [7, 11) is 0. The maximum Gasteiger partial charge on any atom is 0.160 e. The van der Waals surface area contributed by atoms with Gasteiger partial charge in [-0.25, -0.2) is 15.0 Å². The largest absolute Gasteiger partial charge is 0.247 e. The molecule has 0 bridgehead atoms. The molecule has 1 aliphatic carbocycles. The second kappa shape index (κ2) is 13.1. The van der Waals surface area contributed by atoms with Gasteiger partial charge in [0.25, 0.3) is 0 Å². The molecule has 9 aromatic rings. The van der Waals surface area contributed by atoms with Gasteiger partial charge in [0.2, 0.25) is 0 Å². The number of benzene rings is 7. The number of nitriles is 1. The molecule has 1 aliphatic rings. The van der Waals surface area contributed by atoms with Crippen LogP contribution in [0, 0.1) is 11.3 Å². The summed E-state index contributed by atoms with van der Waals surface area (Å²) in [4.78, 5) is 15.7. The van der Waals surface area contributed by atoms with E-state index in [9.17, 15) is 5.26 Å². The minimum atomic E-state index is 0.624. The Hall–Kier alpha value is -7.22. The lowest BCUT2D eigenvalue weighted by Gasteiger charge is -2.17. The van der Waals surface area contributed by atoms with E-state index >= 15 is 0 Å². The number of fused-ring (bicyclic) bond motifs is 8. The Labute approximate surface area is 313 Å². The van der Waals surface area contributed by atoms with Gasteiger partial charge in [0.05, 0.1) is 34.2 Å². The third-order valence-electron chi connectivity index (χ3n) is 10.5. The summed E-state index contributed by atoms with van der Waals surface area (Å²) in [5, 5.41) is 17.7. The van der Waals surface area contributed by atoms with E-state index in [1.807, 2.05) is 42.5 Å². The number of pyridine rings is 1. The molecule has 0 spiro atoms. The molecule has 0 unspecified atom stereocenters. The minimum absolute atomic E-state index is 0.624. The van der Waals surface area contributed by atoms with Crippen molar-refractivity contribution in [1.29, 1.82) is 5.26 Å². The molecule has 10 rings (SSSR count). The van der Waals surface area contributed by atoms with Crippen molar-refractivity contribution in [2.24, 2.45) is 0 Å². The first-order chi connectivity index (χ1) is 26.7. The zero-order valence-corrected chi connectivity index (χ0v) is 29.4. The molecule has 0 amide bonds. The third kappa shape index (κ3) is 5.43. The Balaban J connectivity index is 1.18. The van der Waals surface area contributed by atoms with Crippen molar-refractivity contribution in [3.8, 4) is 51.1 Å². The molecule has 2 heterocycles. The second-order valence-electron chi connectivity index (χ2n) is 13.8. The third-order valence-corrected chi connectivity index (χ3v) is 10.5. The standard InChI is InChI=1S/C50H32N4/c51-31-32-22-24-35(25-23-32)49-48-42-21-10-8-19-40(42)39-18-7-9-20-41(39)47(48)43-27-26-37(29-46(43)52-49)36-16-11-17-38(28-36)50-53-44(33-12-3-1-4-13-33)30-45(54-50)34-14-5-2-6-15-34/h1,3-5,7-30H,2,6H2. The van der Waals surface area contributed by atoms with Crippen LogP contribution in [0.2, 0.25) is 0 Å². The van der Waals surface area contributed by atoms with Crippen LogP contribution in [-0.4, -0.2) is 15.0 Å². The normalized spacial score (nSPS) is 12.7. The summed E-state index contributed by atoms with van der Waals surface area (Å²) >= 11 is 0. The van der Waals surface area contributed by atoms with E-state index < -0.39 is 0 Å². The first-order valence-corrected chi connectivity index (χ1v) is 18.3. The molecule has 0 fully saturated rings. The molecule has 0 N–H and O–H groups in total. The zero-order chi connectivity index (χ0) is 36.0. The van der Waals surface area contributed by atoms with Crippen molar-refractivity contribution in [1.82, 2.24) is 15.0 Å². The molecule has 4 heteroatoms. The highest BCUT2D eigenvalue weighted by molar-refractivity contribution is 6.33. The lowest BCUT2D eigenvalue weighted by molar-refractivity contribution is 1.03. The minimum Gasteiger partial charge on any atom is -0.247 e. The van der Waals surface area contributed by atoms with Gasteiger partial charge in [-0.05, 0) is 81.4 Å². The highest BCUT2D eigenvalue weighted by Crippen LogP contribution is 2.43. The van der Waals surface area contributed by atoms with Crippen LogP contribution in [0.3, 0.4) is 0 Å². The molecule has 4 nitrogen and oxygen atoms in total. The Morgan fingerprint density at radius 1 is 0.463 bits per heavy atom. The first kappa shape index (κ1) is 31.5. The molecular formula is C50H32N4. The lowest BCUT2D eigenvalue weighted by Crippen LogP contribution is -1.99. The Morgan fingerprint density at radius 2 is 1.11 bits per heavy atom. The zero-order valence-electron chi connectivity index (χ0n) is 29.4. The van der Waals surface area contributed by atoms with E-state index in [1.54, 1.807) is 0 Å². The van der Waals surface area contributed by atoms with Crippen LogP contribution in [0.5, 0.6) is 0 Å². The van der Waals surface area contributed by atoms with Crippen LogP contribution in [0.25, 0.3) is 93.8 Å². The molecular weight excluding hydrogens is 657 g/mol. The van der Waals surface area contributed by atoms with Gasteiger partial charge in [-0.1, -0.05) is 140 Å². The summed E-state index contributed by atoms with van der Waals surface area (Å²) < 4.78 is 0. The fourth-order valence-corrected chi connectivity index (χ4v) is 7.89. The molecule has 0 saturated heterocycles. The number of rotatable bonds is 5. The van der Waals surface area contributed by atoms with Crippen molar-refractivity contribution in [3.05, 3.63) is 181 Å². The molecule has 2 aromatic heterocycles. The summed E-state index contributed by atoms with van der Waals surface area (Å²) in [5.41, 5.74) is 10.5. The van der Waals surface area contributed by atoms with E-state index in [1.165, 1.54) is 21.5 Å². The summed E-state index contributed by atoms with van der Waals surface area (Å²) in [6, 6.07) is 54.9. The van der Waals surface area contributed by atoms with Gasteiger partial charge in [-0.2, -0.15) is 5.26 Å². The van der Waals surface area contributed by atoms with Crippen molar-refractivity contribution in [2.75, 3.05) is 0 Å². The Kier molecular flexibility index (Phi) is 7.63. The van der Waals surface area contributed by atoms with E-state index in [-0.39, 0.29) is 0 Å². The maximum absolute atomic E-state index is 9.56. The van der Waals surface area contributed by atoms with Crippen molar-refractivity contribution >= 4 is 48.8 Å². The summed E-state index contributed by atoms with van der Waals surface area (Å²) in [5.74, 6) is 0.694. The van der Waals surface area contributed by atoms with Crippen molar-refractivity contribution < 1.29 is 0 Å². The predicted octanol–water partition coefficient (Wildman–Crippen LogP) is 12.8. The SMILES string of the molecule is N#Cc1ccc(-c2nc3cc(-c4cccc(-c5nc(C6=CCCC=C6)cc(-c6ccccc6)n5)c4)ccc3c3c4ccccc4c4ccccc4c23)cc1. The van der Waals surface area contributed by atoms with Gasteiger partial charge in [-0.3, -0.25) is 0 Å². The Morgan fingerprint density at radius 3 is 1.85 bits per heavy atom. The van der Waals surface area contributed by atoms with E-state index in [4.69, 9.17) is 15.0 Å². The van der Waals surface area contributed by atoms with Gasteiger partial charge < -0.3 is 0 Å². The molecule has 0 saturated carbocycles. The van der Waals surface area contributed by atoms with Gasteiger partial charge in [0, 0.05) is 32.8 Å². The average Bonchev–Trinajstić information content (AvgIpc) is 3.26. The van der Waals surface area contributed by atoms with Crippen LogP contribution < -0.4 is 0 Å². The monoisotopic (exact) mass is 688 g/mol. The second-order valence-corrected chi connectivity index (χ2v) is 13.8. The number of nitrogens with zero attached hydrogens (tertiary/aromatic N) is 4. The molecule has 54 heavy (non-hydrogen) atoms. The van der Waals surface area contributed by atoms with Crippen molar-refractivity contribution in [3.63, 3.8) is 0 Å². The van der Waals surface area contributed by atoms with E-state index in [0.717, 1.165) is 85.0 Å². The van der Waals surface area contributed by atoms with Gasteiger partial charge in [0.15, 0.2) is 5.82 Å². The number of allylic oxidation sites excluding steroid dienone is 4. The number of aromatic nitrogens is 3. The van der Waals surface area contributed by atoms with Crippen LogP contribution in [0.15, 0.2) is 170 Å². The van der Waals surface area contributed by atoms with Gasteiger partial charge >= 0.3 is 0 Å². The lowest BCUT2D eigenvalue weighted by atomic mass is 9.89. The molecule has 0 atom stereocenters. The van der Waals surface area contributed by atoms with Crippen LogP contribution in [0.1, 0.15) is 24.1 Å². The average molecular weight is 689 g/mol. The van der Waals surface area contributed by atoms with E-state index in [0.29, 0.717) is 11.4 Å². The van der Waals surface area contributed by atoms with Gasteiger partial charge in [0.1, 0.15) is 0 Å². The Bertz CT molecular complexity index is 3040. The fraction of sp³-hybridized carbons (Fsp3) is 0.0400. The fourth-order valence-electron chi connectivity index (χ4n) is 7.89. The predicted molar refractivity (Wildman–Crippen MR) is 223 cm³/mol. The highest BCUT2D eigenvalue weighted by atomic mass is 14.9. The van der Waals surface area contributed by atoms with Crippen LogP contribution >= 0.6 is 0 Å². The summed E-state index contributed by atoms with van der Waals surface area (Å²) in [6.07, 6.45) is 8.71. The quantitative estimate of drug-likeness (QED) is 0.169. The van der Waals surface area contributed by atoms with Crippen LogP contribution in [0.4, 0.5) is 0 Å². The molecule has 0 aliphatic heterocycles. The van der Waals surface area contributed by atoms with E-state index in [2.05, 4.69) is 133 Å². The van der Waals surface area contributed by atoms with Crippen LogP contribution in [-0.2, 0) is 0 Å². The maximum atomic E-state index is 9.56. The summed E-state index contributed by atoms with van der Waals surface area (Å²) in [6.45, 7) is 0. The number of hydrogen-bond acceptors (Lipinski definition) is 4.